The summed E-state index contributed by atoms with van der Waals surface area (Å²) < 4.78 is 0. The predicted molar refractivity (Wildman–Crippen MR) is 65.4 cm³/mol. The standard InChI is InChI=1S/C11H21N3O4/c1-9(10(16)17)12(2)11(18)14-5-3-13(4-6-14)7-8-15/h9,15H,3-8H2,1-2H3,(H,16,17). The number of aliphatic carboxylic acids is 1. The van der Waals surface area contributed by atoms with Crippen molar-refractivity contribution in [1.29, 1.82) is 0 Å². The van der Waals surface area contributed by atoms with Gasteiger partial charge in [-0.2, -0.15) is 0 Å². The van der Waals surface area contributed by atoms with Gasteiger partial charge in [0, 0.05) is 39.8 Å². The highest BCUT2D eigenvalue weighted by molar-refractivity contribution is 5.82. The summed E-state index contributed by atoms with van der Waals surface area (Å²) in [4.78, 5) is 27.8. The van der Waals surface area contributed by atoms with Crippen LogP contribution in [0.15, 0.2) is 0 Å². The number of nitrogens with zero attached hydrogens (tertiary/aromatic N) is 3. The fourth-order valence-electron chi connectivity index (χ4n) is 1.86. The molecule has 1 fully saturated rings. The van der Waals surface area contributed by atoms with Gasteiger partial charge < -0.3 is 20.0 Å². The zero-order valence-electron chi connectivity index (χ0n) is 10.9. The molecule has 0 aromatic carbocycles. The molecule has 1 heterocycles. The summed E-state index contributed by atoms with van der Waals surface area (Å²) in [6.07, 6.45) is 0. The van der Waals surface area contributed by atoms with Crippen LogP contribution in [0.1, 0.15) is 6.92 Å². The lowest BCUT2D eigenvalue weighted by atomic mass is 10.3. The average Bonchev–Trinajstić information content (AvgIpc) is 2.37. The van der Waals surface area contributed by atoms with E-state index in [2.05, 4.69) is 4.90 Å². The summed E-state index contributed by atoms with van der Waals surface area (Å²) in [6, 6.07) is -1.08. The predicted octanol–water partition coefficient (Wildman–Crippen LogP) is -0.879. The molecule has 7 nitrogen and oxygen atoms in total. The van der Waals surface area contributed by atoms with E-state index < -0.39 is 12.0 Å². The lowest BCUT2D eigenvalue weighted by molar-refractivity contribution is -0.141. The van der Waals surface area contributed by atoms with Crippen molar-refractivity contribution in [2.75, 3.05) is 46.4 Å². The van der Waals surface area contributed by atoms with Crippen molar-refractivity contribution in [2.24, 2.45) is 0 Å². The normalized spacial score (nSPS) is 18.5. The van der Waals surface area contributed by atoms with E-state index in [0.717, 1.165) is 0 Å². The van der Waals surface area contributed by atoms with Gasteiger partial charge in [-0.05, 0) is 6.92 Å². The number of carboxylic acids is 1. The van der Waals surface area contributed by atoms with Crippen molar-refractivity contribution < 1.29 is 19.8 Å². The molecule has 1 saturated heterocycles. The quantitative estimate of drug-likeness (QED) is 0.685. The van der Waals surface area contributed by atoms with Gasteiger partial charge >= 0.3 is 12.0 Å². The fourth-order valence-corrected chi connectivity index (χ4v) is 1.86. The molecule has 0 bridgehead atoms. The van der Waals surface area contributed by atoms with E-state index in [-0.39, 0.29) is 12.6 Å². The van der Waals surface area contributed by atoms with Crippen LogP contribution in [0.2, 0.25) is 0 Å². The maximum absolute atomic E-state index is 12.0. The topological polar surface area (TPSA) is 84.3 Å². The number of urea groups is 1. The van der Waals surface area contributed by atoms with Gasteiger partial charge in [-0.3, -0.25) is 4.90 Å². The molecule has 0 radical (unpaired) electrons. The van der Waals surface area contributed by atoms with Crippen LogP contribution >= 0.6 is 0 Å². The lowest BCUT2D eigenvalue weighted by Crippen LogP contribution is -2.54. The first-order chi connectivity index (χ1) is 8.47. The van der Waals surface area contributed by atoms with Crippen molar-refractivity contribution in [2.45, 2.75) is 13.0 Å². The third-order valence-corrected chi connectivity index (χ3v) is 3.30. The van der Waals surface area contributed by atoms with E-state index >= 15 is 0 Å². The molecule has 0 spiro atoms. The van der Waals surface area contributed by atoms with E-state index in [1.54, 1.807) is 4.90 Å². The minimum atomic E-state index is -1.01. The summed E-state index contributed by atoms with van der Waals surface area (Å²) in [5.41, 5.74) is 0. The molecular formula is C11H21N3O4. The minimum absolute atomic E-state index is 0.115. The van der Waals surface area contributed by atoms with Crippen LogP contribution in [0, 0.1) is 0 Å². The number of likely N-dealkylation sites (N-methyl/N-ethyl adjacent to an activating group) is 1. The highest BCUT2D eigenvalue weighted by Crippen LogP contribution is 2.07. The Balaban J connectivity index is 2.47. The van der Waals surface area contributed by atoms with E-state index in [0.29, 0.717) is 32.7 Å². The van der Waals surface area contributed by atoms with Gasteiger partial charge in [-0.1, -0.05) is 0 Å². The number of carboxylic acid groups (broad SMARTS) is 1. The van der Waals surface area contributed by atoms with Crippen LogP contribution in [0.3, 0.4) is 0 Å². The smallest absolute Gasteiger partial charge is 0.326 e. The number of β-amino-alcohol motifs (C(OH)–C–C–N with tert-alkyl or cyclic N) is 1. The first-order valence-corrected chi connectivity index (χ1v) is 6.05. The van der Waals surface area contributed by atoms with Gasteiger partial charge in [0.25, 0.3) is 0 Å². The Morgan fingerprint density at radius 2 is 1.83 bits per heavy atom. The summed E-state index contributed by atoms with van der Waals surface area (Å²) in [7, 11) is 1.50. The zero-order valence-corrected chi connectivity index (χ0v) is 10.9. The van der Waals surface area contributed by atoms with Crippen molar-refractivity contribution in [3.05, 3.63) is 0 Å². The number of carbonyl (C=O) groups excluding carboxylic acids is 1. The maximum Gasteiger partial charge on any atom is 0.326 e. The number of hydrogen-bond acceptors (Lipinski definition) is 4. The molecule has 1 rings (SSSR count). The van der Waals surface area contributed by atoms with Gasteiger partial charge in [0.05, 0.1) is 6.61 Å². The third-order valence-electron chi connectivity index (χ3n) is 3.30. The van der Waals surface area contributed by atoms with E-state index in [4.69, 9.17) is 10.2 Å². The van der Waals surface area contributed by atoms with Crippen LogP contribution in [-0.4, -0.2) is 89.3 Å². The van der Waals surface area contributed by atoms with Crippen molar-refractivity contribution in [1.82, 2.24) is 14.7 Å². The molecule has 2 N–H and O–H groups in total. The van der Waals surface area contributed by atoms with Gasteiger partial charge in [0.2, 0.25) is 0 Å². The Morgan fingerprint density at radius 3 is 2.28 bits per heavy atom. The zero-order chi connectivity index (χ0) is 13.7. The second-order valence-corrected chi connectivity index (χ2v) is 4.46. The molecule has 0 saturated carbocycles. The minimum Gasteiger partial charge on any atom is -0.480 e. The Kier molecular flexibility index (Phi) is 5.36. The number of rotatable bonds is 4. The molecule has 1 unspecified atom stereocenters. The monoisotopic (exact) mass is 259 g/mol. The number of aliphatic hydroxyl groups excluding tert-OH is 1. The van der Waals surface area contributed by atoms with Gasteiger partial charge in [0.15, 0.2) is 0 Å². The first-order valence-electron chi connectivity index (χ1n) is 6.05. The van der Waals surface area contributed by atoms with E-state index in [9.17, 15) is 9.59 Å². The number of piperazine rings is 1. The molecule has 0 aromatic rings. The number of carbonyl (C=O) groups is 2. The largest absolute Gasteiger partial charge is 0.480 e. The number of aliphatic hydroxyl groups is 1. The molecule has 2 amide bonds. The molecule has 0 aliphatic carbocycles. The van der Waals surface area contributed by atoms with Crippen molar-refractivity contribution in [3.63, 3.8) is 0 Å². The number of amides is 2. The summed E-state index contributed by atoms with van der Waals surface area (Å²) in [5.74, 6) is -1.01. The van der Waals surface area contributed by atoms with E-state index in [1.165, 1.54) is 18.9 Å². The SMILES string of the molecule is CC(C(=O)O)N(C)C(=O)N1CCN(CCO)CC1. The summed E-state index contributed by atoms with van der Waals surface area (Å²) >= 11 is 0. The molecule has 1 aliphatic heterocycles. The van der Waals surface area contributed by atoms with Gasteiger partial charge in [0.1, 0.15) is 6.04 Å². The van der Waals surface area contributed by atoms with Crippen LogP contribution in [0.5, 0.6) is 0 Å². The van der Waals surface area contributed by atoms with Crippen molar-refractivity contribution >= 4 is 12.0 Å². The second-order valence-electron chi connectivity index (χ2n) is 4.46. The molecule has 7 heteroatoms. The highest BCUT2D eigenvalue weighted by atomic mass is 16.4. The third kappa shape index (κ3) is 3.58. The Bertz CT molecular complexity index is 303. The van der Waals surface area contributed by atoms with Crippen LogP contribution < -0.4 is 0 Å². The Hall–Kier alpha value is -1.34. The molecule has 1 aliphatic rings. The molecule has 0 aromatic heterocycles. The summed E-state index contributed by atoms with van der Waals surface area (Å²) in [5, 5.41) is 17.7. The van der Waals surface area contributed by atoms with Crippen LogP contribution in [-0.2, 0) is 4.79 Å². The Labute approximate surface area is 107 Å². The molecule has 18 heavy (non-hydrogen) atoms. The molecular weight excluding hydrogens is 238 g/mol. The molecule has 1 atom stereocenters. The van der Waals surface area contributed by atoms with E-state index in [1.807, 2.05) is 0 Å². The summed E-state index contributed by atoms with van der Waals surface area (Å²) in [6.45, 7) is 4.77. The average molecular weight is 259 g/mol. The number of hydrogen-bond donors (Lipinski definition) is 2. The fraction of sp³-hybridized carbons (Fsp3) is 0.818. The second kappa shape index (κ2) is 6.55. The van der Waals surface area contributed by atoms with Crippen molar-refractivity contribution in [3.8, 4) is 0 Å². The first kappa shape index (κ1) is 14.7. The lowest BCUT2D eigenvalue weighted by Gasteiger charge is -2.37. The maximum atomic E-state index is 12.0. The van der Waals surface area contributed by atoms with Gasteiger partial charge in [-0.25, -0.2) is 9.59 Å². The Morgan fingerprint density at radius 1 is 1.28 bits per heavy atom. The van der Waals surface area contributed by atoms with Crippen LogP contribution in [0.25, 0.3) is 0 Å². The van der Waals surface area contributed by atoms with Crippen LogP contribution in [0.4, 0.5) is 4.79 Å². The molecule has 104 valence electrons. The highest BCUT2D eigenvalue weighted by Gasteiger charge is 2.28. The van der Waals surface area contributed by atoms with Gasteiger partial charge in [-0.15, -0.1) is 0 Å².